The summed E-state index contributed by atoms with van der Waals surface area (Å²) in [7, 11) is 0. The van der Waals surface area contributed by atoms with Crippen molar-refractivity contribution >= 4 is 23.6 Å². The van der Waals surface area contributed by atoms with Crippen molar-refractivity contribution < 1.29 is 4.42 Å². The van der Waals surface area contributed by atoms with Crippen LogP contribution >= 0.6 is 23.6 Å². The molecule has 0 aliphatic rings. The second-order valence-electron chi connectivity index (χ2n) is 4.87. The van der Waals surface area contributed by atoms with Gasteiger partial charge in [0.2, 0.25) is 0 Å². The molecule has 0 unspecified atom stereocenters. The number of aromatic amines is 1. The van der Waals surface area contributed by atoms with Crippen molar-refractivity contribution in [2.24, 2.45) is 5.92 Å². The number of thiazole rings is 1. The van der Waals surface area contributed by atoms with E-state index in [-0.39, 0.29) is 0 Å². The number of nitrogens with zero attached hydrogens (tertiary/aromatic N) is 3. The van der Waals surface area contributed by atoms with Gasteiger partial charge in [0.1, 0.15) is 5.69 Å². The highest BCUT2D eigenvalue weighted by atomic mass is 32.1. The van der Waals surface area contributed by atoms with Crippen LogP contribution in [-0.2, 0) is 6.54 Å². The Morgan fingerprint density at radius 2 is 2.35 bits per heavy atom. The van der Waals surface area contributed by atoms with Gasteiger partial charge >= 0.3 is 0 Å². The Kier molecular flexibility index (Phi) is 3.54. The van der Waals surface area contributed by atoms with E-state index in [1.54, 1.807) is 6.26 Å². The molecule has 0 saturated heterocycles. The van der Waals surface area contributed by atoms with Gasteiger partial charge in [-0.15, -0.1) is 11.3 Å². The molecule has 0 bridgehead atoms. The molecule has 0 saturated carbocycles. The minimum absolute atomic E-state index is 0.487. The molecule has 104 valence electrons. The fourth-order valence-corrected chi connectivity index (χ4v) is 2.91. The standard InChI is InChI=1S/C13H14N4OS2/c1-8(2)6-17-11(15-16-13(17)19)9-7-20-12(14-9)10-4-3-5-18-10/h3-5,7-8H,6H2,1-2H3,(H,16,19). The molecule has 0 fully saturated rings. The number of rotatable bonds is 4. The molecule has 0 aromatic carbocycles. The van der Waals surface area contributed by atoms with Gasteiger partial charge in [-0.05, 0) is 30.3 Å². The van der Waals surface area contributed by atoms with Crippen molar-refractivity contribution in [1.82, 2.24) is 19.7 Å². The molecule has 0 amide bonds. The van der Waals surface area contributed by atoms with Gasteiger partial charge in [-0.1, -0.05) is 13.8 Å². The summed E-state index contributed by atoms with van der Waals surface area (Å²) >= 11 is 6.81. The second kappa shape index (κ2) is 5.34. The van der Waals surface area contributed by atoms with Crippen molar-refractivity contribution in [3.05, 3.63) is 28.5 Å². The van der Waals surface area contributed by atoms with Crippen LogP contribution in [0.3, 0.4) is 0 Å². The lowest BCUT2D eigenvalue weighted by Crippen LogP contribution is -2.06. The minimum Gasteiger partial charge on any atom is -0.462 e. The van der Waals surface area contributed by atoms with Gasteiger partial charge < -0.3 is 4.42 Å². The fourth-order valence-electron chi connectivity index (χ4n) is 1.94. The van der Waals surface area contributed by atoms with Crippen LogP contribution in [0.2, 0.25) is 0 Å². The third kappa shape index (κ3) is 2.46. The molecular weight excluding hydrogens is 292 g/mol. The van der Waals surface area contributed by atoms with E-state index in [2.05, 4.69) is 29.0 Å². The molecule has 0 aliphatic heterocycles. The van der Waals surface area contributed by atoms with E-state index in [1.165, 1.54) is 11.3 Å². The lowest BCUT2D eigenvalue weighted by atomic mass is 10.2. The lowest BCUT2D eigenvalue weighted by Gasteiger charge is -2.07. The third-order valence-corrected chi connectivity index (χ3v) is 3.94. The number of H-pyrrole nitrogens is 1. The van der Waals surface area contributed by atoms with Crippen molar-refractivity contribution in [2.75, 3.05) is 0 Å². The Morgan fingerprint density at radius 3 is 3.05 bits per heavy atom. The van der Waals surface area contributed by atoms with Gasteiger partial charge in [-0.2, -0.15) is 5.10 Å². The number of furan rings is 1. The zero-order chi connectivity index (χ0) is 14.1. The first-order valence-corrected chi connectivity index (χ1v) is 7.59. The first kappa shape index (κ1) is 13.3. The van der Waals surface area contributed by atoms with Crippen LogP contribution in [0.25, 0.3) is 22.3 Å². The summed E-state index contributed by atoms with van der Waals surface area (Å²) in [5.41, 5.74) is 0.814. The molecular formula is C13H14N4OS2. The molecule has 1 N–H and O–H groups in total. The predicted molar refractivity (Wildman–Crippen MR) is 81.1 cm³/mol. The molecule has 20 heavy (non-hydrogen) atoms. The van der Waals surface area contributed by atoms with Crippen LogP contribution in [0.15, 0.2) is 28.2 Å². The average Bonchev–Trinajstić information content (AvgIpc) is 3.10. The van der Waals surface area contributed by atoms with Crippen LogP contribution in [0.4, 0.5) is 0 Å². The normalized spacial score (nSPS) is 11.3. The van der Waals surface area contributed by atoms with E-state index in [9.17, 15) is 0 Å². The Morgan fingerprint density at radius 1 is 1.50 bits per heavy atom. The quantitative estimate of drug-likeness (QED) is 0.741. The van der Waals surface area contributed by atoms with Gasteiger partial charge in [-0.25, -0.2) is 4.98 Å². The van der Waals surface area contributed by atoms with Crippen LogP contribution in [-0.4, -0.2) is 19.7 Å². The number of hydrogen-bond acceptors (Lipinski definition) is 5. The van der Waals surface area contributed by atoms with Gasteiger partial charge in [-0.3, -0.25) is 9.67 Å². The van der Waals surface area contributed by atoms with E-state index >= 15 is 0 Å². The number of aromatic nitrogens is 4. The molecule has 3 aromatic rings. The van der Waals surface area contributed by atoms with Crippen LogP contribution in [0, 0.1) is 10.7 Å². The van der Waals surface area contributed by atoms with Crippen LogP contribution in [0.5, 0.6) is 0 Å². The zero-order valence-corrected chi connectivity index (χ0v) is 12.8. The Balaban J connectivity index is 2.00. The molecule has 0 spiro atoms. The SMILES string of the molecule is CC(C)Cn1c(-c2csc(-c3ccco3)n2)n[nH]c1=S. The van der Waals surface area contributed by atoms with Crippen molar-refractivity contribution in [1.29, 1.82) is 0 Å². The molecule has 0 atom stereocenters. The first-order chi connectivity index (χ1) is 9.65. The zero-order valence-electron chi connectivity index (χ0n) is 11.2. The van der Waals surface area contributed by atoms with E-state index in [0.29, 0.717) is 10.7 Å². The van der Waals surface area contributed by atoms with E-state index in [1.807, 2.05) is 22.1 Å². The van der Waals surface area contributed by atoms with Crippen molar-refractivity contribution in [2.45, 2.75) is 20.4 Å². The summed E-state index contributed by atoms with van der Waals surface area (Å²) in [6.07, 6.45) is 1.64. The summed E-state index contributed by atoms with van der Waals surface area (Å²) in [5.74, 6) is 2.03. The van der Waals surface area contributed by atoms with Gasteiger partial charge in [0.05, 0.1) is 6.26 Å². The largest absolute Gasteiger partial charge is 0.462 e. The maximum Gasteiger partial charge on any atom is 0.195 e. The van der Waals surface area contributed by atoms with E-state index < -0.39 is 0 Å². The lowest BCUT2D eigenvalue weighted by molar-refractivity contribution is 0.521. The minimum atomic E-state index is 0.487. The monoisotopic (exact) mass is 306 g/mol. The van der Waals surface area contributed by atoms with Crippen molar-refractivity contribution in [3.8, 4) is 22.3 Å². The molecule has 5 nitrogen and oxygen atoms in total. The summed E-state index contributed by atoms with van der Waals surface area (Å²) in [6.45, 7) is 5.11. The third-order valence-electron chi connectivity index (χ3n) is 2.77. The molecule has 7 heteroatoms. The fraction of sp³-hybridized carbons (Fsp3) is 0.308. The summed E-state index contributed by atoms with van der Waals surface area (Å²) in [4.78, 5) is 4.58. The maximum atomic E-state index is 5.36. The van der Waals surface area contributed by atoms with E-state index in [0.717, 1.165) is 28.8 Å². The van der Waals surface area contributed by atoms with Crippen molar-refractivity contribution in [3.63, 3.8) is 0 Å². The number of hydrogen-bond donors (Lipinski definition) is 1. The topological polar surface area (TPSA) is 59.6 Å². The van der Waals surface area contributed by atoms with Gasteiger partial charge in [0.15, 0.2) is 21.4 Å². The molecule has 0 radical (unpaired) electrons. The molecule has 3 heterocycles. The number of nitrogens with one attached hydrogen (secondary N) is 1. The predicted octanol–water partition coefficient (Wildman–Crippen LogP) is 3.98. The smallest absolute Gasteiger partial charge is 0.195 e. The summed E-state index contributed by atoms with van der Waals surface area (Å²) < 4.78 is 7.97. The summed E-state index contributed by atoms with van der Waals surface area (Å²) in [5, 5.41) is 9.95. The highest BCUT2D eigenvalue weighted by Gasteiger charge is 2.15. The molecule has 0 aliphatic carbocycles. The highest BCUT2D eigenvalue weighted by Crippen LogP contribution is 2.28. The highest BCUT2D eigenvalue weighted by molar-refractivity contribution is 7.71. The Hall–Kier alpha value is -1.73. The first-order valence-electron chi connectivity index (χ1n) is 6.30. The van der Waals surface area contributed by atoms with E-state index in [4.69, 9.17) is 16.6 Å². The molecule has 3 rings (SSSR count). The van der Waals surface area contributed by atoms with Gasteiger partial charge in [0, 0.05) is 11.9 Å². The van der Waals surface area contributed by atoms with Gasteiger partial charge in [0.25, 0.3) is 0 Å². The summed E-state index contributed by atoms with van der Waals surface area (Å²) in [6, 6.07) is 3.75. The van der Waals surface area contributed by atoms with Crippen LogP contribution in [0.1, 0.15) is 13.8 Å². The average molecular weight is 306 g/mol. The maximum absolute atomic E-state index is 5.36. The second-order valence-corrected chi connectivity index (χ2v) is 6.12. The molecule has 3 aromatic heterocycles. The Bertz CT molecular complexity index is 752. The Labute approximate surface area is 125 Å². The van der Waals surface area contributed by atoms with Crippen LogP contribution < -0.4 is 0 Å².